The zero-order chi connectivity index (χ0) is 23.7. The smallest absolute Gasteiger partial charge is 0.408 e. The van der Waals surface area contributed by atoms with Crippen LogP contribution in [-0.4, -0.2) is 47.9 Å². The number of phenolic OH excluding ortho intramolecular Hbond substituents is 1. The number of phenols is 1. The summed E-state index contributed by atoms with van der Waals surface area (Å²) in [6.07, 6.45) is -0.392. The van der Waals surface area contributed by atoms with Gasteiger partial charge in [-0.15, -0.1) is 0 Å². The van der Waals surface area contributed by atoms with E-state index >= 15 is 0 Å². The number of methoxy groups -OCH3 is 1. The summed E-state index contributed by atoms with van der Waals surface area (Å²) in [4.78, 5) is 37.7. The molecule has 0 heterocycles. The number of aromatic hydroxyl groups is 1. The predicted octanol–water partition coefficient (Wildman–Crippen LogP) is 2.73. The Labute approximate surface area is 187 Å². The third-order valence-corrected chi connectivity index (χ3v) is 4.47. The van der Waals surface area contributed by atoms with Crippen molar-refractivity contribution in [1.29, 1.82) is 0 Å². The van der Waals surface area contributed by atoms with Crippen molar-refractivity contribution in [2.24, 2.45) is 0 Å². The van der Waals surface area contributed by atoms with Gasteiger partial charge in [-0.05, 0) is 44.0 Å². The number of benzene rings is 2. The van der Waals surface area contributed by atoms with Gasteiger partial charge in [-0.25, -0.2) is 9.59 Å². The summed E-state index contributed by atoms with van der Waals surface area (Å²) in [6, 6.07) is 13.5. The lowest BCUT2D eigenvalue weighted by atomic mass is 10.0. The van der Waals surface area contributed by atoms with E-state index in [9.17, 15) is 19.5 Å². The number of hydrogen-bond donors (Lipinski definition) is 3. The first-order valence-corrected chi connectivity index (χ1v) is 10.3. The zero-order valence-electron chi connectivity index (χ0n) is 18.8. The van der Waals surface area contributed by atoms with E-state index < -0.39 is 35.7 Å². The summed E-state index contributed by atoms with van der Waals surface area (Å²) in [5.74, 6) is -1.07. The fourth-order valence-corrected chi connectivity index (χ4v) is 2.98. The Morgan fingerprint density at radius 1 is 0.875 bits per heavy atom. The Bertz CT molecular complexity index is 906. The van der Waals surface area contributed by atoms with Gasteiger partial charge >= 0.3 is 12.1 Å². The average Bonchev–Trinajstić information content (AvgIpc) is 2.73. The molecule has 0 aliphatic rings. The molecule has 8 heteroatoms. The summed E-state index contributed by atoms with van der Waals surface area (Å²) >= 11 is 0. The molecule has 0 aliphatic heterocycles. The number of alkyl carbamates (subject to hydrolysis) is 1. The minimum atomic E-state index is -1.02. The van der Waals surface area contributed by atoms with Gasteiger partial charge in [0.1, 0.15) is 23.4 Å². The first-order valence-electron chi connectivity index (χ1n) is 10.3. The Balaban J connectivity index is 2.20. The number of carbonyl (C=O) groups is 3. The van der Waals surface area contributed by atoms with E-state index in [1.165, 1.54) is 19.2 Å². The van der Waals surface area contributed by atoms with Gasteiger partial charge < -0.3 is 25.2 Å². The summed E-state index contributed by atoms with van der Waals surface area (Å²) in [5.41, 5.74) is 0.806. The fourth-order valence-electron chi connectivity index (χ4n) is 2.98. The molecule has 0 unspecified atom stereocenters. The van der Waals surface area contributed by atoms with Crippen LogP contribution in [0.25, 0.3) is 0 Å². The van der Waals surface area contributed by atoms with Gasteiger partial charge in [0, 0.05) is 12.8 Å². The van der Waals surface area contributed by atoms with Crippen molar-refractivity contribution in [2.75, 3.05) is 7.11 Å². The quantitative estimate of drug-likeness (QED) is 0.542. The number of amides is 2. The molecule has 8 nitrogen and oxygen atoms in total. The minimum absolute atomic E-state index is 0.0865. The maximum Gasteiger partial charge on any atom is 0.408 e. The number of nitrogens with one attached hydrogen (secondary N) is 2. The van der Waals surface area contributed by atoms with Gasteiger partial charge in [0.2, 0.25) is 5.91 Å². The largest absolute Gasteiger partial charge is 0.508 e. The van der Waals surface area contributed by atoms with Gasteiger partial charge in [-0.3, -0.25) is 4.79 Å². The molecule has 2 atom stereocenters. The van der Waals surface area contributed by atoms with Crippen LogP contribution in [0.5, 0.6) is 5.75 Å². The predicted molar refractivity (Wildman–Crippen MR) is 119 cm³/mol. The Morgan fingerprint density at radius 2 is 1.44 bits per heavy atom. The molecule has 0 spiro atoms. The van der Waals surface area contributed by atoms with E-state index in [4.69, 9.17) is 9.47 Å². The average molecular weight is 443 g/mol. The van der Waals surface area contributed by atoms with Crippen LogP contribution in [0.15, 0.2) is 54.6 Å². The van der Waals surface area contributed by atoms with Crippen molar-refractivity contribution in [3.8, 4) is 5.75 Å². The second-order valence-corrected chi connectivity index (χ2v) is 8.34. The van der Waals surface area contributed by atoms with Crippen LogP contribution in [0.3, 0.4) is 0 Å². The highest BCUT2D eigenvalue weighted by Crippen LogP contribution is 2.13. The maximum absolute atomic E-state index is 13.1. The molecule has 2 rings (SSSR count). The van der Waals surface area contributed by atoms with Crippen LogP contribution < -0.4 is 10.6 Å². The van der Waals surface area contributed by atoms with Crippen LogP contribution >= 0.6 is 0 Å². The number of carbonyl (C=O) groups excluding carboxylic acids is 3. The molecule has 0 bridgehead atoms. The van der Waals surface area contributed by atoms with Gasteiger partial charge in [-0.2, -0.15) is 0 Å². The summed E-state index contributed by atoms with van der Waals surface area (Å²) < 4.78 is 10.1. The van der Waals surface area contributed by atoms with E-state index in [2.05, 4.69) is 10.6 Å². The topological polar surface area (TPSA) is 114 Å². The van der Waals surface area contributed by atoms with E-state index in [0.29, 0.717) is 5.56 Å². The molecule has 0 saturated carbocycles. The monoisotopic (exact) mass is 442 g/mol. The van der Waals surface area contributed by atoms with Crippen LogP contribution in [0.4, 0.5) is 4.79 Å². The lowest BCUT2D eigenvalue weighted by Gasteiger charge is -2.25. The van der Waals surface area contributed by atoms with E-state index in [0.717, 1.165) is 5.56 Å². The van der Waals surface area contributed by atoms with E-state index in [1.807, 2.05) is 30.3 Å². The molecule has 0 radical (unpaired) electrons. The molecular formula is C24H30N2O6. The number of ether oxygens (including phenoxy) is 2. The third kappa shape index (κ3) is 8.29. The summed E-state index contributed by atoms with van der Waals surface area (Å²) in [6.45, 7) is 5.15. The Kier molecular flexibility index (Phi) is 8.63. The normalized spacial score (nSPS) is 12.9. The van der Waals surface area contributed by atoms with Crippen molar-refractivity contribution < 1.29 is 29.0 Å². The molecule has 32 heavy (non-hydrogen) atoms. The lowest BCUT2D eigenvalue weighted by molar-refractivity contribution is -0.145. The first kappa shape index (κ1) is 24.7. The first-order chi connectivity index (χ1) is 15.1. The summed E-state index contributed by atoms with van der Waals surface area (Å²) in [7, 11) is 1.25. The van der Waals surface area contributed by atoms with Crippen molar-refractivity contribution in [3.63, 3.8) is 0 Å². The highest BCUT2D eigenvalue weighted by atomic mass is 16.6. The van der Waals surface area contributed by atoms with Gasteiger partial charge in [0.25, 0.3) is 0 Å². The summed E-state index contributed by atoms with van der Waals surface area (Å²) in [5, 5.41) is 14.8. The van der Waals surface area contributed by atoms with Crippen LogP contribution in [0.2, 0.25) is 0 Å². The third-order valence-electron chi connectivity index (χ3n) is 4.47. The molecule has 0 aliphatic carbocycles. The van der Waals surface area contributed by atoms with Crippen LogP contribution in [-0.2, 0) is 31.9 Å². The molecule has 0 aromatic heterocycles. The molecule has 2 amide bonds. The standard InChI is InChI=1S/C24H30N2O6/c1-24(2,3)32-23(30)26-19(14-17-10-12-18(27)13-11-17)21(28)25-20(22(29)31-4)15-16-8-6-5-7-9-16/h5-13,19-20,27H,14-15H2,1-4H3,(H,25,28)(H,26,30)/t19-,20+/m1/s1. The molecular weight excluding hydrogens is 412 g/mol. The van der Waals surface area contributed by atoms with E-state index in [-0.39, 0.29) is 18.6 Å². The van der Waals surface area contributed by atoms with Gasteiger partial charge in [0.15, 0.2) is 0 Å². The van der Waals surface area contributed by atoms with Crippen molar-refractivity contribution in [3.05, 3.63) is 65.7 Å². The van der Waals surface area contributed by atoms with Crippen molar-refractivity contribution in [1.82, 2.24) is 10.6 Å². The molecule has 0 saturated heterocycles. The second kappa shape index (κ2) is 11.2. The molecule has 0 fully saturated rings. The number of rotatable bonds is 8. The second-order valence-electron chi connectivity index (χ2n) is 8.34. The molecule has 2 aromatic carbocycles. The van der Waals surface area contributed by atoms with Crippen LogP contribution in [0.1, 0.15) is 31.9 Å². The zero-order valence-corrected chi connectivity index (χ0v) is 18.8. The highest BCUT2D eigenvalue weighted by molar-refractivity contribution is 5.90. The minimum Gasteiger partial charge on any atom is -0.508 e. The Morgan fingerprint density at radius 3 is 2.00 bits per heavy atom. The number of esters is 1. The van der Waals surface area contributed by atoms with Crippen LogP contribution in [0, 0.1) is 0 Å². The lowest BCUT2D eigenvalue weighted by Crippen LogP contribution is -2.53. The van der Waals surface area contributed by atoms with Gasteiger partial charge in [-0.1, -0.05) is 42.5 Å². The van der Waals surface area contributed by atoms with Crippen molar-refractivity contribution >= 4 is 18.0 Å². The fraction of sp³-hybridized carbons (Fsp3) is 0.375. The molecule has 2 aromatic rings. The SMILES string of the molecule is COC(=O)[C@H](Cc1ccccc1)NC(=O)[C@@H](Cc1ccc(O)cc1)NC(=O)OC(C)(C)C. The highest BCUT2D eigenvalue weighted by Gasteiger charge is 2.29. The maximum atomic E-state index is 13.1. The number of hydrogen-bond acceptors (Lipinski definition) is 6. The van der Waals surface area contributed by atoms with E-state index in [1.54, 1.807) is 32.9 Å². The van der Waals surface area contributed by atoms with Crippen molar-refractivity contribution in [2.45, 2.75) is 51.3 Å². The van der Waals surface area contributed by atoms with Gasteiger partial charge in [0.05, 0.1) is 7.11 Å². The Hall–Kier alpha value is -3.55. The molecule has 3 N–H and O–H groups in total. The molecule has 172 valence electrons.